The van der Waals surface area contributed by atoms with Crippen molar-refractivity contribution < 1.29 is 119 Å². The first-order valence-corrected chi connectivity index (χ1v) is 0. The van der Waals surface area contributed by atoms with E-state index in [9.17, 15) is 0 Å². The van der Waals surface area contributed by atoms with Gasteiger partial charge < -0.3 is 1.43 Å². The van der Waals surface area contributed by atoms with E-state index in [2.05, 4.69) is 0 Å². The summed E-state index contributed by atoms with van der Waals surface area (Å²) in [6.45, 7) is 0. The summed E-state index contributed by atoms with van der Waals surface area (Å²) in [5.74, 6) is 0. The predicted molar refractivity (Wildman–Crippen MR) is 1.11 cm³/mol. The van der Waals surface area contributed by atoms with Crippen LogP contribution in [0.4, 0.5) is 0 Å². The second-order valence-electron chi connectivity index (χ2n) is 0. The van der Waals surface area contributed by atoms with Gasteiger partial charge in [0.25, 0.3) is 0 Å². The van der Waals surface area contributed by atoms with Gasteiger partial charge >= 0.3 is 0 Å². The zero-order valence-corrected chi connectivity index (χ0v) is 10.7. The Balaban J connectivity index is 0. The summed E-state index contributed by atoms with van der Waals surface area (Å²) in [5, 5.41) is 0. The number of rotatable bonds is 0. The second-order valence-corrected chi connectivity index (χ2v) is 0. The van der Waals surface area contributed by atoms with Crippen molar-refractivity contribution >= 4 is 0 Å². The molecule has 0 bridgehead atoms. The first kappa shape index (κ1) is 54.1. The third-order valence-electron chi connectivity index (χ3n) is 0. The van der Waals surface area contributed by atoms with Crippen molar-refractivity contribution in [1.29, 1.82) is 0 Å². The molecule has 0 heterocycles. The third-order valence-corrected chi connectivity index (χ3v) is 0. The molecule has 0 atom stereocenters. The van der Waals surface area contributed by atoms with Gasteiger partial charge in [-0.3, -0.25) is 0 Å². The summed E-state index contributed by atoms with van der Waals surface area (Å²) in [6.07, 6.45) is 0. The average molecular weight is 433 g/mol. The van der Waals surface area contributed by atoms with Crippen LogP contribution in [0.1, 0.15) is 1.43 Å². The predicted octanol–water partition coefficient (Wildman–Crippen LogP) is 0.100. The molecule has 0 aliphatic heterocycles. The Labute approximate surface area is 117 Å². The molecule has 0 fully saturated rings. The Bertz CT molecular complexity index is 8.04. The summed E-state index contributed by atoms with van der Waals surface area (Å²) in [7, 11) is 0. The van der Waals surface area contributed by atoms with Crippen molar-refractivity contribution in [3.05, 3.63) is 0 Å². The molecule has 6 heteroatoms. The van der Waals surface area contributed by atoms with Gasteiger partial charge in [0.2, 0.25) is 0 Å². The molecular weight excluding hydrogens is 432 g/mol. The standard InChI is InChI=1S/La.5Ni.H/q;;;;;;-1. The summed E-state index contributed by atoms with van der Waals surface area (Å²) in [6, 6.07) is 0. The van der Waals surface area contributed by atoms with Crippen LogP contribution in [0, 0.1) is 35.6 Å². The maximum Gasteiger partial charge on any atom is 0 e. The molecule has 0 nitrogen and oxygen atoms in total. The molecular formula is HLaNi5-. The summed E-state index contributed by atoms with van der Waals surface area (Å²) in [5.41, 5.74) is 0. The quantitative estimate of drug-likeness (QED) is 0.476. The van der Waals surface area contributed by atoms with Crippen molar-refractivity contribution in [1.82, 2.24) is 0 Å². The van der Waals surface area contributed by atoms with Gasteiger partial charge in [-0.2, -0.15) is 0 Å². The Kier molecular flexibility index (Phi) is 342. The molecule has 0 unspecified atom stereocenters. The molecule has 0 aromatic heterocycles. The molecule has 0 amide bonds. The minimum absolute atomic E-state index is 0. The maximum absolute atomic E-state index is 0. The molecule has 6 heavy (non-hydrogen) atoms. The average Bonchev–Trinajstić information content (AvgIpc) is 0. The van der Waals surface area contributed by atoms with E-state index in [0.29, 0.717) is 0 Å². The van der Waals surface area contributed by atoms with Gasteiger partial charge in [0, 0.05) is 118 Å². The van der Waals surface area contributed by atoms with Crippen LogP contribution in [0.3, 0.4) is 0 Å². The molecule has 0 aromatic rings. The minimum atomic E-state index is 0. The molecule has 0 N–H and O–H groups in total. The molecule has 0 saturated heterocycles. The zero-order chi connectivity index (χ0) is 0. The second kappa shape index (κ2) is 37.9. The van der Waals surface area contributed by atoms with Gasteiger partial charge in [0.1, 0.15) is 0 Å². The van der Waals surface area contributed by atoms with Crippen LogP contribution in [0.5, 0.6) is 0 Å². The van der Waals surface area contributed by atoms with E-state index >= 15 is 0 Å². The molecule has 0 aromatic carbocycles. The maximum atomic E-state index is 0. The fraction of sp³-hybridized carbons (Fsp3) is 0. The van der Waals surface area contributed by atoms with Crippen molar-refractivity contribution in [2.24, 2.45) is 0 Å². The Morgan fingerprint density at radius 3 is 0.500 bits per heavy atom. The molecule has 0 rings (SSSR count). The van der Waals surface area contributed by atoms with Gasteiger partial charge in [-0.25, -0.2) is 0 Å². The largest absolute Gasteiger partial charge is 1.00 e. The Morgan fingerprint density at radius 1 is 0.500 bits per heavy atom. The fourth-order valence-electron chi connectivity index (χ4n) is 0. The molecule has 0 spiro atoms. The fourth-order valence-corrected chi connectivity index (χ4v) is 0. The molecule has 0 aliphatic carbocycles. The van der Waals surface area contributed by atoms with Gasteiger partial charge in [-0.05, 0) is 0 Å². The van der Waals surface area contributed by atoms with Crippen molar-refractivity contribution in [2.75, 3.05) is 0 Å². The van der Waals surface area contributed by atoms with E-state index in [1.165, 1.54) is 0 Å². The van der Waals surface area contributed by atoms with Gasteiger partial charge in [0.05, 0.1) is 0 Å². The minimum Gasteiger partial charge on any atom is -1.00 e. The molecule has 0 aliphatic rings. The van der Waals surface area contributed by atoms with E-state index in [1.54, 1.807) is 0 Å². The first-order chi connectivity index (χ1) is 0. The molecule has 0 saturated carbocycles. The first-order valence-electron chi connectivity index (χ1n) is 0. The zero-order valence-electron chi connectivity index (χ0n) is 3.16. The third kappa shape index (κ3) is 25.4. The summed E-state index contributed by atoms with van der Waals surface area (Å²) in [4.78, 5) is 0. The van der Waals surface area contributed by atoms with Crippen LogP contribution >= 0.6 is 0 Å². The normalized spacial score (nSPS) is 0. The Hall–Kier alpha value is 3.66. The number of hydrogen-bond donors (Lipinski definition) is 0. The Morgan fingerprint density at radius 2 is 0.500 bits per heavy atom. The SMILES string of the molecule is [H-].[La].[Ni].[Ni].[Ni].[Ni].[Ni]. The number of hydrogen-bond acceptors (Lipinski definition) is 0. The van der Waals surface area contributed by atoms with Gasteiger partial charge in [-0.15, -0.1) is 0 Å². The van der Waals surface area contributed by atoms with Crippen LogP contribution in [0.15, 0.2) is 0 Å². The van der Waals surface area contributed by atoms with E-state index in [4.69, 9.17) is 0 Å². The van der Waals surface area contributed by atoms with E-state index in [0.717, 1.165) is 0 Å². The van der Waals surface area contributed by atoms with Crippen LogP contribution in [-0.4, -0.2) is 0 Å². The smallest absolute Gasteiger partial charge is 0 e. The van der Waals surface area contributed by atoms with E-state index in [1.807, 2.05) is 0 Å². The molecule has 55 valence electrons. The summed E-state index contributed by atoms with van der Waals surface area (Å²) >= 11 is 0. The van der Waals surface area contributed by atoms with Crippen LogP contribution in [0.25, 0.3) is 0 Å². The monoisotopic (exact) mass is 430 g/mol. The van der Waals surface area contributed by atoms with Gasteiger partial charge in [-0.1, -0.05) is 0 Å². The van der Waals surface area contributed by atoms with Crippen LogP contribution in [-0.2, 0) is 82.5 Å². The molecule has 1 radical (unpaired) electrons. The topological polar surface area (TPSA) is 0 Å². The van der Waals surface area contributed by atoms with Gasteiger partial charge in [0.15, 0.2) is 0 Å². The van der Waals surface area contributed by atoms with E-state index < -0.39 is 0 Å². The van der Waals surface area contributed by atoms with Crippen LogP contribution < -0.4 is 0 Å². The van der Waals surface area contributed by atoms with Crippen molar-refractivity contribution in [2.45, 2.75) is 0 Å². The van der Waals surface area contributed by atoms with Crippen molar-refractivity contribution in [3.63, 3.8) is 0 Å². The van der Waals surface area contributed by atoms with Crippen molar-refractivity contribution in [3.8, 4) is 0 Å². The summed E-state index contributed by atoms with van der Waals surface area (Å²) < 4.78 is 0. The van der Waals surface area contributed by atoms with E-state index in [-0.39, 0.29) is 119 Å². The van der Waals surface area contributed by atoms with Crippen LogP contribution in [0.2, 0.25) is 0 Å².